The first-order chi connectivity index (χ1) is 12.7. The minimum absolute atomic E-state index is 0.342. The number of rotatable bonds is 5. The molecule has 2 aromatic rings. The maximum Gasteiger partial charge on any atom is 0.231 e. The molecule has 0 radical (unpaired) electrons. The number of ether oxygens (including phenoxy) is 2. The lowest BCUT2D eigenvalue weighted by molar-refractivity contribution is 0.174. The number of likely N-dealkylation sites (tertiary alicyclic amines) is 1. The first kappa shape index (κ1) is 17.3. The Kier molecular flexibility index (Phi) is 5.07. The average molecular weight is 353 g/mol. The topological polar surface area (TPSA) is 47.5 Å². The largest absolute Gasteiger partial charge is 0.454 e. The lowest BCUT2D eigenvalue weighted by atomic mass is 9.90. The molecular weight excluding hydrogens is 326 g/mol. The van der Waals surface area contributed by atoms with Crippen molar-refractivity contribution in [2.45, 2.75) is 39.0 Å². The number of fused-ring (bicyclic) bond motifs is 1. The number of benzene rings is 1. The third-order valence-corrected chi connectivity index (χ3v) is 5.50. The molecule has 3 heterocycles. The average Bonchev–Trinajstić information content (AvgIpc) is 3.11. The predicted molar refractivity (Wildman–Crippen MR) is 101 cm³/mol. The first-order valence-corrected chi connectivity index (χ1v) is 9.56. The number of hydrogen-bond acceptors (Lipinski definition) is 5. The zero-order chi connectivity index (χ0) is 17.9. The van der Waals surface area contributed by atoms with Gasteiger partial charge in [0.25, 0.3) is 0 Å². The third-order valence-electron chi connectivity index (χ3n) is 5.50. The third kappa shape index (κ3) is 3.83. The van der Waals surface area contributed by atoms with E-state index in [1.807, 2.05) is 12.3 Å². The monoisotopic (exact) mass is 353 g/mol. The molecule has 1 saturated heterocycles. The van der Waals surface area contributed by atoms with E-state index in [4.69, 9.17) is 9.47 Å². The van der Waals surface area contributed by atoms with Crippen molar-refractivity contribution in [3.8, 4) is 11.5 Å². The van der Waals surface area contributed by atoms with Crippen LogP contribution >= 0.6 is 0 Å². The zero-order valence-electron chi connectivity index (χ0n) is 15.6. The fourth-order valence-electron chi connectivity index (χ4n) is 4.20. The smallest absolute Gasteiger partial charge is 0.231 e. The maximum absolute atomic E-state index is 5.49. The molecule has 5 heteroatoms. The summed E-state index contributed by atoms with van der Waals surface area (Å²) in [7, 11) is 0. The van der Waals surface area contributed by atoms with E-state index < -0.39 is 0 Å². The van der Waals surface area contributed by atoms with Crippen LogP contribution in [-0.4, -0.2) is 41.3 Å². The van der Waals surface area contributed by atoms with Crippen molar-refractivity contribution in [2.24, 2.45) is 5.92 Å². The van der Waals surface area contributed by atoms with E-state index in [-0.39, 0.29) is 0 Å². The van der Waals surface area contributed by atoms with Crippen LogP contribution in [-0.2, 0) is 6.42 Å². The highest BCUT2D eigenvalue weighted by molar-refractivity contribution is 5.44. The SMILES string of the molecule is Cc1cncnc1C1CCN(C[C@H](C)Cc2ccc3c(c2)OCO3)CC1. The normalized spacial score (nSPS) is 18.8. The number of hydrogen-bond donors (Lipinski definition) is 0. The molecule has 1 aromatic heterocycles. The second-order valence-corrected chi connectivity index (χ2v) is 7.66. The van der Waals surface area contributed by atoms with E-state index in [0.29, 0.717) is 18.6 Å². The van der Waals surface area contributed by atoms with Gasteiger partial charge in [0.05, 0.1) is 0 Å². The predicted octanol–water partition coefficient (Wildman–Crippen LogP) is 3.57. The second-order valence-electron chi connectivity index (χ2n) is 7.66. The van der Waals surface area contributed by atoms with Crippen LogP contribution in [0, 0.1) is 12.8 Å². The van der Waals surface area contributed by atoms with Crippen molar-refractivity contribution in [2.75, 3.05) is 26.4 Å². The molecule has 26 heavy (non-hydrogen) atoms. The molecule has 0 bridgehead atoms. The van der Waals surface area contributed by atoms with E-state index in [9.17, 15) is 0 Å². The Labute approximate surface area is 155 Å². The Morgan fingerprint density at radius 1 is 1.19 bits per heavy atom. The maximum atomic E-state index is 5.49. The molecule has 0 spiro atoms. The van der Waals surface area contributed by atoms with Crippen LogP contribution < -0.4 is 9.47 Å². The number of piperidine rings is 1. The van der Waals surface area contributed by atoms with Gasteiger partial charge in [-0.05, 0) is 68.5 Å². The molecule has 0 saturated carbocycles. The summed E-state index contributed by atoms with van der Waals surface area (Å²) in [6, 6.07) is 6.32. The molecule has 1 aromatic carbocycles. The lowest BCUT2D eigenvalue weighted by Gasteiger charge is -2.33. The van der Waals surface area contributed by atoms with Gasteiger partial charge < -0.3 is 14.4 Å². The van der Waals surface area contributed by atoms with E-state index in [0.717, 1.165) is 37.6 Å². The summed E-state index contributed by atoms with van der Waals surface area (Å²) in [5.74, 6) is 2.95. The van der Waals surface area contributed by atoms with Gasteiger partial charge in [0, 0.05) is 24.4 Å². The van der Waals surface area contributed by atoms with Crippen LogP contribution in [0.15, 0.2) is 30.7 Å². The summed E-state index contributed by atoms with van der Waals surface area (Å²) in [5, 5.41) is 0. The quantitative estimate of drug-likeness (QED) is 0.822. The van der Waals surface area contributed by atoms with Gasteiger partial charge >= 0.3 is 0 Å². The van der Waals surface area contributed by atoms with Gasteiger partial charge in [-0.15, -0.1) is 0 Å². The van der Waals surface area contributed by atoms with Crippen LogP contribution in [0.25, 0.3) is 0 Å². The molecular formula is C21H27N3O2. The fourth-order valence-corrected chi connectivity index (χ4v) is 4.20. The minimum atomic E-state index is 0.342. The van der Waals surface area contributed by atoms with Crippen LogP contribution in [0.4, 0.5) is 0 Å². The van der Waals surface area contributed by atoms with E-state index in [1.165, 1.54) is 29.7 Å². The van der Waals surface area contributed by atoms with E-state index >= 15 is 0 Å². The molecule has 0 aliphatic carbocycles. The van der Waals surface area contributed by atoms with Crippen LogP contribution in [0.5, 0.6) is 11.5 Å². The summed E-state index contributed by atoms with van der Waals surface area (Å²) in [6.45, 7) is 8.25. The van der Waals surface area contributed by atoms with Gasteiger partial charge in [-0.3, -0.25) is 0 Å². The Bertz CT molecular complexity index is 757. The van der Waals surface area contributed by atoms with E-state index in [2.05, 4.69) is 40.8 Å². The first-order valence-electron chi connectivity index (χ1n) is 9.56. The van der Waals surface area contributed by atoms with Gasteiger partial charge in [0.1, 0.15) is 6.33 Å². The minimum Gasteiger partial charge on any atom is -0.454 e. The Morgan fingerprint density at radius 2 is 2.00 bits per heavy atom. The summed E-state index contributed by atoms with van der Waals surface area (Å²) in [5.41, 5.74) is 3.79. The summed E-state index contributed by atoms with van der Waals surface area (Å²) < 4.78 is 10.9. The summed E-state index contributed by atoms with van der Waals surface area (Å²) in [6.07, 6.45) is 7.06. The molecule has 0 N–H and O–H groups in total. The molecule has 1 atom stereocenters. The molecule has 1 fully saturated rings. The molecule has 0 unspecified atom stereocenters. The number of aromatic nitrogens is 2. The highest BCUT2D eigenvalue weighted by atomic mass is 16.7. The van der Waals surface area contributed by atoms with E-state index in [1.54, 1.807) is 6.33 Å². The molecule has 138 valence electrons. The van der Waals surface area contributed by atoms with Crippen molar-refractivity contribution >= 4 is 0 Å². The van der Waals surface area contributed by atoms with Gasteiger partial charge in [0.2, 0.25) is 6.79 Å². The second kappa shape index (κ2) is 7.62. The van der Waals surface area contributed by atoms with Crippen molar-refractivity contribution in [3.63, 3.8) is 0 Å². The number of aryl methyl sites for hydroxylation is 1. The highest BCUT2D eigenvalue weighted by Gasteiger charge is 2.24. The standard InChI is InChI=1S/C21H27N3O2/c1-15(9-17-3-4-19-20(10-17)26-14-25-19)12-24-7-5-18(6-8-24)21-16(2)11-22-13-23-21/h3-4,10-11,13,15,18H,5-9,12,14H2,1-2H3/t15-/m1/s1. The molecule has 0 amide bonds. The van der Waals surface area contributed by atoms with Gasteiger partial charge in [-0.25, -0.2) is 9.97 Å². The Morgan fingerprint density at radius 3 is 2.81 bits per heavy atom. The highest BCUT2D eigenvalue weighted by Crippen LogP contribution is 2.33. The van der Waals surface area contributed by atoms with Gasteiger partial charge in [0.15, 0.2) is 11.5 Å². The van der Waals surface area contributed by atoms with Crippen molar-refractivity contribution in [3.05, 3.63) is 47.5 Å². The van der Waals surface area contributed by atoms with Crippen LogP contribution in [0.1, 0.15) is 42.5 Å². The van der Waals surface area contributed by atoms with Crippen molar-refractivity contribution in [1.29, 1.82) is 0 Å². The van der Waals surface area contributed by atoms with Crippen molar-refractivity contribution in [1.82, 2.24) is 14.9 Å². The summed E-state index contributed by atoms with van der Waals surface area (Å²) >= 11 is 0. The van der Waals surface area contributed by atoms with Gasteiger partial charge in [-0.1, -0.05) is 13.0 Å². The fraction of sp³-hybridized carbons (Fsp3) is 0.524. The van der Waals surface area contributed by atoms with Crippen LogP contribution in [0.3, 0.4) is 0 Å². The lowest BCUT2D eigenvalue weighted by Crippen LogP contribution is -2.36. The van der Waals surface area contributed by atoms with Gasteiger partial charge in [-0.2, -0.15) is 0 Å². The number of nitrogens with zero attached hydrogens (tertiary/aromatic N) is 3. The van der Waals surface area contributed by atoms with Crippen LogP contribution in [0.2, 0.25) is 0 Å². The Hall–Kier alpha value is -2.14. The van der Waals surface area contributed by atoms with Crippen molar-refractivity contribution < 1.29 is 9.47 Å². The zero-order valence-corrected chi connectivity index (χ0v) is 15.6. The summed E-state index contributed by atoms with van der Waals surface area (Å²) in [4.78, 5) is 11.2. The molecule has 2 aliphatic rings. The molecule has 4 rings (SSSR count). The molecule has 2 aliphatic heterocycles. The Balaban J connectivity index is 1.28. The molecule has 5 nitrogen and oxygen atoms in total.